The van der Waals surface area contributed by atoms with E-state index in [1.165, 1.54) is 5.56 Å². The summed E-state index contributed by atoms with van der Waals surface area (Å²) in [4.78, 5) is 0. The van der Waals surface area contributed by atoms with Crippen LogP contribution < -0.4 is 14.8 Å². The van der Waals surface area contributed by atoms with Gasteiger partial charge in [-0.2, -0.15) is 0 Å². The van der Waals surface area contributed by atoms with E-state index in [1.54, 1.807) is 14.2 Å². The fourth-order valence-electron chi connectivity index (χ4n) is 1.60. The van der Waals surface area contributed by atoms with E-state index in [-0.39, 0.29) is 0 Å². The van der Waals surface area contributed by atoms with Gasteiger partial charge in [0.1, 0.15) is 0 Å². The second kappa shape index (κ2) is 8.78. The van der Waals surface area contributed by atoms with Crippen LogP contribution >= 0.6 is 0 Å². The van der Waals surface area contributed by atoms with Crippen molar-refractivity contribution < 1.29 is 14.2 Å². The minimum absolute atomic E-state index is 0.634. The molecule has 102 valence electrons. The molecule has 1 rings (SSSR count). The highest BCUT2D eigenvalue weighted by atomic mass is 16.5. The smallest absolute Gasteiger partial charge is 0.161 e. The maximum atomic E-state index is 5.72. The van der Waals surface area contributed by atoms with E-state index in [2.05, 4.69) is 12.2 Å². The summed E-state index contributed by atoms with van der Waals surface area (Å²) in [7, 11) is 3.35. The van der Waals surface area contributed by atoms with Gasteiger partial charge in [-0.1, -0.05) is 13.0 Å². The van der Waals surface area contributed by atoms with Crippen LogP contribution in [0.25, 0.3) is 0 Å². The van der Waals surface area contributed by atoms with Crippen LogP contribution in [0.4, 0.5) is 0 Å². The third-order valence-electron chi connectivity index (χ3n) is 2.56. The van der Waals surface area contributed by atoms with Gasteiger partial charge >= 0.3 is 0 Å². The molecular weight excluding hydrogens is 230 g/mol. The van der Waals surface area contributed by atoms with Crippen molar-refractivity contribution >= 4 is 0 Å². The molecule has 0 atom stereocenters. The van der Waals surface area contributed by atoms with E-state index in [0.717, 1.165) is 31.0 Å². The molecule has 0 aromatic heterocycles. The van der Waals surface area contributed by atoms with Crippen LogP contribution in [0, 0.1) is 0 Å². The van der Waals surface area contributed by atoms with Gasteiger partial charge in [0, 0.05) is 26.7 Å². The average Bonchev–Trinajstić information content (AvgIpc) is 2.41. The van der Waals surface area contributed by atoms with Crippen LogP contribution in [-0.4, -0.2) is 34.0 Å². The quantitative estimate of drug-likeness (QED) is 0.685. The Balaban J connectivity index is 2.60. The second-order valence-corrected chi connectivity index (χ2v) is 3.96. The molecule has 0 amide bonds. The maximum Gasteiger partial charge on any atom is 0.161 e. The minimum Gasteiger partial charge on any atom is -0.493 e. The molecule has 0 aliphatic rings. The molecule has 0 saturated heterocycles. The molecule has 4 nitrogen and oxygen atoms in total. The molecular formula is C14H23NO3. The van der Waals surface area contributed by atoms with Crippen molar-refractivity contribution in [2.45, 2.75) is 19.9 Å². The highest BCUT2D eigenvalue weighted by Gasteiger charge is 2.05. The van der Waals surface area contributed by atoms with Gasteiger partial charge in [0.05, 0.1) is 13.7 Å². The molecule has 1 aromatic carbocycles. The molecule has 4 heteroatoms. The van der Waals surface area contributed by atoms with Gasteiger partial charge in [-0.25, -0.2) is 0 Å². The Bertz CT molecular complexity index is 342. The number of methoxy groups -OCH3 is 2. The first-order chi connectivity index (χ1) is 8.81. The van der Waals surface area contributed by atoms with E-state index in [4.69, 9.17) is 14.2 Å². The zero-order valence-corrected chi connectivity index (χ0v) is 11.5. The summed E-state index contributed by atoms with van der Waals surface area (Å²) >= 11 is 0. The zero-order chi connectivity index (χ0) is 13.2. The predicted molar refractivity (Wildman–Crippen MR) is 72.4 cm³/mol. The molecule has 0 aliphatic heterocycles. The Labute approximate surface area is 109 Å². The van der Waals surface area contributed by atoms with Gasteiger partial charge < -0.3 is 19.5 Å². The van der Waals surface area contributed by atoms with Crippen molar-refractivity contribution in [1.29, 1.82) is 0 Å². The summed E-state index contributed by atoms with van der Waals surface area (Å²) in [5.41, 5.74) is 1.19. The van der Waals surface area contributed by atoms with Gasteiger partial charge in [-0.3, -0.25) is 0 Å². The highest BCUT2D eigenvalue weighted by Crippen LogP contribution is 2.28. The second-order valence-electron chi connectivity index (χ2n) is 3.96. The van der Waals surface area contributed by atoms with Crippen molar-refractivity contribution in [3.05, 3.63) is 23.8 Å². The van der Waals surface area contributed by atoms with Crippen LogP contribution in [0.3, 0.4) is 0 Å². The Morgan fingerprint density at radius 3 is 2.61 bits per heavy atom. The fourth-order valence-corrected chi connectivity index (χ4v) is 1.60. The van der Waals surface area contributed by atoms with Crippen molar-refractivity contribution in [3.8, 4) is 11.5 Å². The molecule has 0 spiro atoms. The number of hydrogen-bond acceptors (Lipinski definition) is 4. The van der Waals surface area contributed by atoms with Gasteiger partial charge in [-0.05, 0) is 24.2 Å². The average molecular weight is 253 g/mol. The molecule has 0 heterocycles. The van der Waals surface area contributed by atoms with Crippen LogP contribution in [0.2, 0.25) is 0 Å². The monoisotopic (exact) mass is 253 g/mol. The number of rotatable bonds is 9. The largest absolute Gasteiger partial charge is 0.493 e. The van der Waals surface area contributed by atoms with E-state index < -0.39 is 0 Å². The predicted octanol–water partition coefficient (Wildman–Crippen LogP) is 2.22. The van der Waals surface area contributed by atoms with Crippen molar-refractivity contribution in [3.63, 3.8) is 0 Å². The van der Waals surface area contributed by atoms with Crippen molar-refractivity contribution in [2.24, 2.45) is 0 Å². The Hall–Kier alpha value is -1.26. The fraction of sp³-hybridized carbons (Fsp3) is 0.571. The van der Waals surface area contributed by atoms with E-state index in [9.17, 15) is 0 Å². The third-order valence-corrected chi connectivity index (χ3v) is 2.56. The third kappa shape index (κ3) is 4.94. The first-order valence-electron chi connectivity index (χ1n) is 6.31. The number of nitrogens with one attached hydrogen (secondary N) is 1. The SMILES string of the molecule is CCNCc1ccc(OC)c(OCCCOC)c1. The van der Waals surface area contributed by atoms with Gasteiger partial charge in [0.25, 0.3) is 0 Å². The van der Waals surface area contributed by atoms with E-state index in [1.807, 2.05) is 18.2 Å². The zero-order valence-electron chi connectivity index (χ0n) is 11.5. The molecule has 0 saturated carbocycles. The number of benzene rings is 1. The lowest BCUT2D eigenvalue weighted by atomic mass is 10.2. The van der Waals surface area contributed by atoms with Crippen LogP contribution in [0.1, 0.15) is 18.9 Å². The van der Waals surface area contributed by atoms with Crippen molar-refractivity contribution in [1.82, 2.24) is 5.32 Å². The van der Waals surface area contributed by atoms with E-state index >= 15 is 0 Å². The normalized spacial score (nSPS) is 10.4. The van der Waals surface area contributed by atoms with Gasteiger partial charge in [-0.15, -0.1) is 0 Å². The summed E-state index contributed by atoms with van der Waals surface area (Å²) in [6.45, 7) is 5.23. The first-order valence-corrected chi connectivity index (χ1v) is 6.31. The van der Waals surface area contributed by atoms with Crippen molar-refractivity contribution in [2.75, 3.05) is 34.0 Å². The molecule has 1 N–H and O–H groups in total. The van der Waals surface area contributed by atoms with Crippen LogP contribution in [-0.2, 0) is 11.3 Å². The lowest BCUT2D eigenvalue weighted by Gasteiger charge is -2.12. The molecule has 0 bridgehead atoms. The summed E-state index contributed by atoms with van der Waals surface area (Å²) in [6.07, 6.45) is 0.872. The Kier molecular flexibility index (Phi) is 7.22. The van der Waals surface area contributed by atoms with Gasteiger partial charge in [0.2, 0.25) is 0 Å². The Morgan fingerprint density at radius 2 is 1.94 bits per heavy atom. The topological polar surface area (TPSA) is 39.7 Å². The lowest BCUT2D eigenvalue weighted by molar-refractivity contribution is 0.170. The summed E-state index contributed by atoms with van der Waals surface area (Å²) < 4.78 is 16.0. The van der Waals surface area contributed by atoms with Crippen LogP contribution in [0.5, 0.6) is 11.5 Å². The summed E-state index contributed by atoms with van der Waals surface area (Å²) in [5, 5.41) is 3.29. The highest BCUT2D eigenvalue weighted by molar-refractivity contribution is 5.42. The summed E-state index contributed by atoms with van der Waals surface area (Å²) in [5.74, 6) is 1.57. The molecule has 0 fully saturated rings. The molecule has 18 heavy (non-hydrogen) atoms. The number of hydrogen-bond donors (Lipinski definition) is 1. The molecule has 0 unspecified atom stereocenters. The minimum atomic E-state index is 0.634. The Morgan fingerprint density at radius 1 is 1.11 bits per heavy atom. The van der Waals surface area contributed by atoms with Crippen LogP contribution in [0.15, 0.2) is 18.2 Å². The maximum absolute atomic E-state index is 5.72. The molecule has 1 aromatic rings. The molecule has 0 radical (unpaired) electrons. The standard InChI is InChI=1S/C14H23NO3/c1-4-15-11-12-6-7-13(17-3)14(10-12)18-9-5-8-16-2/h6-7,10,15H,4-5,8-9,11H2,1-3H3. The molecule has 0 aliphatic carbocycles. The lowest BCUT2D eigenvalue weighted by Crippen LogP contribution is -2.12. The number of ether oxygens (including phenoxy) is 3. The summed E-state index contributed by atoms with van der Waals surface area (Å²) in [6, 6.07) is 6.01. The van der Waals surface area contributed by atoms with E-state index in [0.29, 0.717) is 13.2 Å². The van der Waals surface area contributed by atoms with Gasteiger partial charge in [0.15, 0.2) is 11.5 Å². The first kappa shape index (κ1) is 14.8.